The lowest BCUT2D eigenvalue weighted by Gasteiger charge is -2.13. The second-order valence-electron chi connectivity index (χ2n) is 7.91. The number of hydrogen-bond donors (Lipinski definition) is 2. The van der Waals surface area contributed by atoms with E-state index >= 15 is 0 Å². The number of anilines is 2. The largest absolute Gasteiger partial charge is 0.368 e. The molecule has 3 aromatic rings. The van der Waals surface area contributed by atoms with Gasteiger partial charge in [0.2, 0.25) is 11.9 Å². The van der Waals surface area contributed by atoms with Gasteiger partial charge in [-0.1, -0.05) is 42.8 Å². The molecule has 0 spiro atoms. The summed E-state index contributed by atoms with van der Waals surface area (Å²) in [6.45, 7) is 2.75. The maximum absolute atomic E-state index is 13.1. The van der Waals surface area contributed by atoms with Gasteiger partial charge in [0.05, 0.1) is 11.3 Å². The minimum atomic E-state index is -4.10. The van der Waals surface area contributed by atoms with Gasteiger partial charge in [0.15, 0.2) is 0 Å². The average molecular weight is 515 g/mol. The van der Waals surface area contributed by atoms with Gasteiger partial charge >= 0.3 is 0 Å². The van der Waals surface area contributed by atoms with Crippen LogP contribution in [0, 0.1) is 0 Å². The van der Waals surface area contributed by atoms with E-state index in [4.69, 9.17) is 11.6 Å². The molecule has 0 unspecified atom stereocenters. The van der Waals surface area contributed by atoms with Crippen LogP contribution in [0.15, 0.2) is 64.2 Å². The van der Waals surface area contributed by atoms with Crippen LogP contribution < -0.4 is 10.6 Å². The SMILES string of the molecule is CCCNc1ncc(-c2ccc(NC(=O)Cc3ccccc3Cl)cc2S(=O)(=O)/N=C/N(C)C)cn1. The minimum absolute atomic E-state index is 0.0440. The van der Waals surface area contributed by atoms with E-state index in [0.29, 0.717) is 33.3 Å². The Morgan fingerprint density at radius 1 is 1.14 bits per heavy atom. The van der Waals surface area contributed by atoms with E-state index in [-0.39, 0.29) is 17.2 Å². The highest BCUT2D eigenvalue weighted by atomic mass is 35.5. The van der Waals surface area contributed by atoms with Gasteiger partial charge in [-0.2, -0.15) is 8.42 Å². The second kappa shape index (κ2) is 11.8. The third kappa shape index (κ3) is 7.24. The van der Waals surface area contributed by atoms with Crippen molar-refractivity contribution in [3.05, 3.63) is 65.4 Å². The summed E-state index contributed by atoms with van der Waals surface area (Å²) in [6.07, 6.45) is 5.26. The summed E-state index contributed by atoms with van der Waals surface area (Å²) in [6, 6.07) is 11.6. The normalized spacial score (nSPS) is 11.4. The van der Waals surface area contributed by atoms with Crippen molar-refractivity contribution in [2.75, 3.05) is 31.3 Å². The summed E-state index contributed by atoms with van der Waals surface area (Å²) in [4.78, 5) is 22.6. The molecule has 0 atom stereocenters. The highest BCUT2D eigenvalue weighted by Gasteiger charge is 2.21. The highest BCUT2D eigenvalue weighted by molar-refractivity contribution is 7.90. The van der Waals surface area contributed by atoms with E-state index in [0.717, 1.165) is 13.0 Å². The molecule has 0 saturated heterocycles. The lowest BCUT2D eigenvalue weighted by molar-refractivity contribution is -0.115. The first-order valence-electron chi connectivity index (χ1n) is 10.9. The van der Waals surface area contributed by atoms with Crippen molar-refractivity contribution in [3.8, 4) is 11.1 Å². The Hall–Kier alpha value is -3.50. The lowest BCUT2D eigenvalue weighted by Crippen LogP contribution is -2.15. The van der Waals surface area contributed by atoms with E-state index < -0.39 is 10.0 Å². The summed E-state index contributed by atoms with van der Waals surface area (Å²) in [7, 11) is -0.763. The zero-order valence-electron chi connectivity index (χ0n) is 19.7. The number of amides is 1. The van der Waals surface area contributed by atoms with Crippen molar-refractivity contribution in [2.24, 2.45) is 4.40 Å². The van der Waals surface area contributed by atoms with Crippen molar-refractivity contribution >= 4 is 45.5 Å². The van der Waals surface area contributed by atoms with Gasteiger partial charge in [-0.3, -0.25) is 4.79 Å². The predicted octanol–water partition coefficient (Wildman–Crippen LogP) is 4.08. The van der Waals surface area contributed by atoms with Gasteiger partial charge in [-0.25, -0.2) is 9.97 Å². The number of nitrogens with one attached hydrogen (secondary N) is 2. The van der Waals surface area contributed by atoms with Crippen LogP contribution in [0.1, 0.15) is 18.9 Å². The molecule has 1 heterocycles. The Morgan fingerprint density at radius 2 is 1.86 bits per heavy atom. The molecule has 11 heteroatoms. The first-order valence-corrected chi connectivity index (χ1v) is 12.7. The molecule has 0 aliphatic heterocycles. The molecule has 0 fully saturated rings. The molecular weight excluding hydrogens is 488 g/mol. The van der Waals surface area contributed by atoms with Crippen LogP contribution in [0.25, 0.3) is 11.1 Å². The molecule has 0 radical (unpaired) electrons. The number of carbonyl (C=O) groups is 1. The Kier molecular flexibility index (Phi) is 8.78. The molecule has 1 aromatic heterocycles. The number of sulfonamides is 1. The van der Waals surface area contributed by atoms with Gasteiger partial charge in [-0.15, -0.1) is 4.40 Å². The predicted molar refractivity (Wildman–Crippen MR) is 139 cm³/mol. The maximum Gasteiger partial charge on any atom is 0.284 e. The van der Waals surface area contributed by atoms with Crippen LogP contribution in [-0.4, -0.2) is 56.2 Å². The van der Waals surface area contributed by atoms with Gasteiger partial charge in [0.1, 0.15) is 6.34 Å². The summed E-state index contributed by atoms with van der Waals surface area (Å²) in [5.74, 6) is 0.120. The fraction of sp³-hybridized carbons (Fsp3) is 0.250. The van der Waals surface area contributed by atoms with Crippen LogP contribution in [-0.2, 0) is 21.2 Å². The van der Waals surface area contributed by atoms with E-state index in [9.17, 15) is 13.2 Å². The number of halogens is 1. The molecule has 3 rings (SSSR count). The van der Waals surface area contributed by atoms with Crippen LogP contribution in [0.2, 0.25) is 5.02 Å². The van der Waals surface area contributed by atoms with E-state index in [1.165, 1.54) is 17.3 Å². The van der Waals surface area contributed by atoms with Crippen molar-refractivity contribution < 1.29 is 13.2 Å². The number of nitrogens with zero attached hydrogens (tertiary/aromatic N) is 4. The minimum Gasteiger partial charge on any atom is -0.368 e. The number of hydrogen-bond acceptors (Lipinski definition) is 6. The summed E-state index contributed by atoms with van der Waals surface area (Å²) >= 11 is 6.15. The smallest absolute Gasteiger partial charge is 0.284 e. The first-order chi connectivity index (χ1) is 16.7. The van der Waals surface area contributed by atoms with Crippen molar-refractivity contribution in [2.45, 2.75) is 24.7 Å². The Morgan fingerprint density at radius 3 is 2.51 bits per heavy atom. The molecule has 0 bridgehead atoms. The summed E-state index contributed by atoms with van der Waals surface area (Å²) < 4.78 is 30.0. The van der Waals surface area contributed by atoms with Gasteiger partial charge in [0, 0.05) is 54.9 Å². The summed E-state index contributed by atoms with van der Waals surface area (Å²) in [5, 5.41) is 6.30. The van der Waals surface area contributed by atoms with Crippen molar-refractivity contribution in [1.82, 2.24) is 14.9 Å². The molecule has 0 aliphatic rings. The van der Waals surface area contributed by atoms with Crippen LogP contribution in [0.4, 0.5) is 11.6 Å². The standard InChI is InChI=1S/C24H27ClN6O3S/c1-4-11-26-24-27-14-18(15-28-24)20-10-9-19(13-22(20)35(33,34)29-16-31(2)3)30-23(32)12-17-7-5-6-8-21(17)25/h5-10,13-16H,4,11-12H2,1-3H3,(H,30,32)(H,26,27,28)/b29-16+. The summed E-state index contributed by atoms with van der Waals surface area (Å²) in [5.41, 5.74) is 1.85. The van der Waals surface area contributed by atoms with Crippen molar-refractivity contribution in [3.63, 3.8) is 0 Å². The van der Waals surface area contributed by atoms with Gasteiger partial charge in [0.25, 0.3) is 10.0 Å². The molecule has 2 aromatic carbocycles. The highest BCUT2D eigenvalue weighted by Crippen LogP contribution is 2.31. The average Bonchev–Trinajstić information content (AvgIpc) is 2.83. The number of aromatic nitrogens is 2. The van der Waals surface area contributed by atoms with Crippen molar-refractivity contribution in [1.29, 1.82) is 0 Å². The zero-order chi connectivity index (χ0) is 25.4. The van der Waals surface area contributed by atoms with E-state index in [1.54, 1.807) is 62.9 Å². The molecular formula is C24H27ClN6O3S. The zero-order valence-corrected chi connectivity index (χ0v) is 21.3. The molecule has 35 heavy (non-hydrogen) atoms. The molecule has 9 nitrogen and oxygen atoms in total. The second-order valence-corrected chi connectivity index (χ2v) is 9.92. The Labute approximate surface area is 210 Å². The Balaban J connectivity index is 1.95. The monoisotopic (exact) mass is 514 g/mol. The topological polar surface area (TPSA) is 117 Å². The fourth-order valence-corrected chi connectivity index (χ4v) is 4.45. The quantitative estimate of drug-likeness (QED) is 0.309. The van der Waals surface area contributed by atoms with Gasteiger partial charge < -0.3 is 15.5 Å². The molecule has 0 saturated carbocycles. The van der Waals surface area contributed by atoms with Crippen LogP contribution >= 0.6 is 11.6 Å². The lowest BCUT2D eigenvalue weighted by atomic mass is 10.1. The Bertz CT molecular complexity index is 1310. The fourth-order valence-electron chi connectivity index (χ4n) is 3.08. The van der Waals surface area contributed by atoms with E-state index in [2.05, 4.69) is 25.0 Å². The number of rotatable bonds is 10. The molecule has 184 valence electrons. The van der Waals surface area contributed by atoms with Crippen LogP contribution in [0.3, 0.4) is 0 Å². The number of carbonyl (C=O) groups excluding carboxylic acids is 1. The molecule has 2 N–H and O–H groups in total. The number of benzene rings is 2. The van der Waals surface area contributed by atoms with Gasteiger partial charge in [-0.05, 0) is 30.2 Å². The first kappa shape index (κ1) is 26.1. The third-order valence-corrected chi connectivity index (χ3v) is 6.40. The maximum atomic E-state index is 13.1. The van der Waals surface area contributed by atoms with Crippen LogP contribution in [0.5, 0.6) is 0 Å². The molecule has 0 aliphatic carbocycles. The van der Waals surface area contributed by atoms with E-state index in [1.807, 2.05) is 6.92 Å². The molecule has 1 amide bonds. The third-order valence-electron chi connectivity index (χ3n) is 4.76.